The smallest absolute Gasteiger partial charge is 0.326 e. The lowest BCUT2D eigenvalue weighted by Gasteiger charge is -2.28. The molecule has 0 aliphatic carbocycles. The molecular formula is C22H42N8O5S. The number of carboxylic acids is 1. The van der Waals surface area contributed by atoms with Crippen LogP contribution in [0.3, 0.4) is 0 Å². The minimum atomic E-state index is -1.14. The highest BCUT2D eigenvalue weighted by Gasteiger charge is 2.37. The fraction of sp³-hybridized carbons (Fsp3) is 0.773. The Kier molecular flexibility index (Phi) is 14.8. The maximum atomic E-state index is 13.1. The number of unbranched alkanes of at least 4 members (excludes halogenated alkanes) is 1. The van der Waals surface area contributed by atoms with Crippen molar-refractivity contribution in [2.75, 3.05) is 31.6 Å². The maximum absolute atomic E-state index is 13.1. The molecule has 0 radical (unpaired) electrons. The second-order valence-corrected chi connectivity index (χ2v) is 9.76. The minimum absolute atomic E-state index is 0.0310. The number of aliphatic imine (C=N–C) groups is 1. The molecule has 1 rings (SSSR count). The Hall–Kier alpha value is -2.58. The van der Waals surface area contributed by atoms with Crippen LogP contribution in [-0.2, 0) is 19.2 Å². The summed E-state index contributed by atoms with van der Waals surface area (Å²) in [5.74, 6) is -1.95. The molecule has 3 amide bonds. The zero-order valence-corrected chi connectivity index (χ0v) is 21.8. The van der Waals surface area contributed by atoms with Crippen molar-refractivity contribution in [3.05, 3.63) is 0 Å². The van der Waals surface area contributed by atoms with Crippen LogP contribution >= 0.6 is 11.8 Å². The van der Waals surface area contributed by atoms with Crippen LogP contribution in [0.4, 0.5) is 0 Å². The summed E-state index contributed by atoms with van der Waals surface area (Å²) < 4.78 is 0. The molecule has 1 heterocycles. The summed E-state index contributed by atoms with van der Waals surface area (Å²) in [6.45, 7) is 1.18. The monoisotopic (exact) mass is 530 g/mol. The fourth-order valence-electron chi connectivity index (χ4n) is 3.95. The topological polar surface area (TPSA) is 232 Å². The summed E-state index contributed by atoms with van der Waals surface area (Å²) in [5, 5.41) is 14.7. The third kappa shape index (κ3) is 11.0. The molecular weight excluding hydrogens is 488 g/mol. The molecule has 0 spiro atoms. The molecule has 0 aromatic carbocycles. The van der Waals surface area contributed by atoms with E-state index in [4.69, 9.17) is 22.9 Å². The third-order valence-electron chi connectivity index (χ3n) is 5.93. The maximum Gasteiger partial charge on any atom is 0.326 e. The van der Waals surface area contributed by atoms with E-state index in [1.807, 2.05) is 6.26 Å². The van der Waals surface area contributed by atoms with Crippen LogP contribution in [-0.4, -0.2) is 95.5 Å². The molecule has 0 saturated carbocycles. The summed E-state index contributed by atoms with van der Waals surface area (Å²) in [7, 11) is 0. The number of nitrogens with zero attached hydrogens (tertiary/aromatic N) is 2. The molecule has 13 nitrogen and oxygen atoms in total. The van der Waals surface area contributed by atoms with Crippen molar-refractivity contribution in [2.45, 2.75) is 75.5 Å². The van der Waals surface area contributed by atoms with Gasteiger partial charge in [-0.1, -0.05) is 0 Å². The van der Waals surface area contributed by atoms with Crippen LogP contribution in [0.15, 0.2) is 4.99 Å². The zero-order valence-electron chi connectivity index (χ0n) is 21.0. The number of aliphatic carboxylic acids is 1. The lowest BCUT2D eigenvalue weighted by Crippen LogP contribution is -2.56. The highest BCUT2D eigenvalue weighted by Crippen LogP contribution is 2.20. The lowest BCUT2D eigenvalue weighted by atomic mass is 10.1. The first-order valence-corrected chi connectivity index (χ1v) is 13.7. The van der Waals surface area contributed by atoms with Crippen molar-refractivity contribution in [1.82, 2.24) is 15.5 Å². The second kappa shape index (κ2) is 17.0. The van der Waals surface area contributed by atoms with Gasteiger partial charge >= 0.3 is 5.97 Å². The molecule has 1 saturated heterocycles. The molecule has 14 heteroatoms. The number of rotatable bonds is 17. The largest absolute Gasteiger partial charge is 0.480 e. The predicted octanol–water partition coefficient (Wildman–Crippen LogP) is -1.71. The molecule has 1 aliphatic heterocycles. The number of guanidine groups is 1. The Morgan fingerprint density at radius 1 is 1.08 bits per heavy atom. The Labute approximate surface area is 216 Å². The molecule has 11 N–H and O–H groups in total. The van der Waals surface area contributed by atoms with Gasteiger partial charge in [-0.15, -0.1) is 0 Å². The standard InChI is InChI=1S/C22H42N8O5S/c1-36-13-9-15(18(31)29-16(21(34)35)7-2-3-10-23)28-19(32)17-8-5-12-30(17)20(33)14(24)6-4-11-27-22(25)26/h14-17H,2-13,23-24H2,1H3,(H,28,32)(H,29,31)(H,34,35)(H4,25,26,27). The van der Waals surface area contributed by atoms with Gasteiger partial charge in [-0.25, -0.2) is 4.79 Å². The summed E-state index contributed by atoms with van der Waals surface area (Å²) in [6.07, 6.45) is 5.60. The van der Waals surface area contributed by atoms with Gasteiger partial charge in [0.15, 0.2) is 5.96 Å². The SMILES string of the molecule is CSCCC(NC(=O)C1CCCN1C(=O)C(N)CCCN=C(N)N)C(=O)NC(CCCCN)C(=O)O. The number of nitrogens with two attached hydrogens (primary N) is 4. The highest BCUT2D eigenvalue weighted by molar-refractivity contribution is 7.98. The fourth-order valence-corrected chi connectivity index (χ4v) is 4.43. The number of carbonyl (C=O) groups excluding carboxylic acids is 3. The van der Waals surface area contributed by atoms with Crippen LogP contribution in [0.2, 0.25) is 0 Å². The number of nitrogens with one attached hydrogen (secondary N) is 2. The molecule has 206 valence electrons. The Bertz CT molecular complexity index is 765. The summed E-state index contributed by atoms with van der Waals surface area (Å²) in [4.78, 5) is 55.9. The van der Waals surface area contributed by atoms with E-state index in [0.717, 1.165) is 0 Å². The van der Waals surface area contributed by atoms with Crippen LogP contribution in [0.5, 0.6) is 0 Å². The van der Waals surface area contributed by atoms with Gasteiger partial charge in [-0.2, -0.15) is 11.8 Å². The molecule has 0 aromatic heterocycles. The van der Waals surface area contributed by atoms with Crippen molar-refractivity contribution in [1.29, 1.82) is 0 Å². The van der Waals surface area contributed by atoms with E-state index in [0.29, 0.717) is 70.3 Å². The van der Waals surface area contributed by atoms with E-state index in [1.54, 1.807) is 0 Å². The van der Waals surface area contributed by atoms with Gasteiger partial charge in [0.25, 0.3) is 0 Å². The van der Waals surface area contributed by atoms with Crippen molar-refractivity contribution < 1.29 is 24.3 Å². The molecule has 1 fully saturated rings. The van der Waals surface area contributed by atoms with E-state index in [2.05, 4.69) is 15.6 Å². The first kappa shape index (κ1) is 31.4. The summed E-state index contributed by atoms with van der Waals surface area (Å²) in [6, 6.07) is -3.54. The van der Waals surface area contributed by atoms with Gasteiger partial charge in [0.2, 0.25) is 17.7 Å². The van der Waals surface area contributed by atoms with Gasteiger partial charge in [-0.3, -0.25) is 19.4 Å². The minimum Gasteiger partial charge on any atom is -0.480 e. The van der Waals surface area contributed by atoms with E-state index in [9.17, 15) is 24.3 Å². The Balaban J connectivity index is 2.80. The predicted molar refractivity (Wildman–Crippen MR) is 140 cm³/mol. The number of carbonyl (C=O) groups is 4. The molecule has 0 bridgehead atoms. The van der Waals surface area contributed by atoms with Gasteiger partial charge in [0, 0.05) is 13.1 Å². The lowest BCUT2D eigenvalue weighted by molar-refractivity contribution is -0.143. The van der Waals surface area contributed by atoms with Crippen LogP contribution in [0.25, 0.3) is 0 Å². The van der Waals surface area contributed by atoms with Gasteiger partial charge < -0.3 is 43.6 Å². The number of amides is 3. The molecule has 1 aliphatic rings. The van der Waals surface area contributed by atoms with Crippen LogP contribution in [0, 0.1) is 0 Å². The van der Waals surface area contributed by atoms with E-state index < -0.39 is 42.0 Å². The average molecular weight is 531 g/mol. The van der Waals surface area contributed by atoms with Gasteiger partial charge in [0.05, 0.1) is 6.04 Å². The number of carboxylic acid groups (broad SMARTS) is 1. The number of likely N-dealkylation sites (tertiary alicyclic amines) is 1. The highest BCUT2D eigenvalue weighted by atomic mass is 32.2. The molecule has 36 heavy (non-hydrogen) atoms. The van der Waals surface area contributed by atoms with Crippen molar-refractivity contribution in [3.8, 4) is 0 Å². The van der Waals surface area contributed by atoms with Crippen molar-refractivity contribution in [2.24, 2.45) is 27.9 Å². The van der Waals surface area contributed by atoms with Crippen LogP contribution in [0.1, 0.15) is 51.4 Å². The molecule has 0 aromatic rings. The average Bonchev–Trinajstić information content (AvgIpc) is 3.32. The van der Waals surface area contributed by atoms with E-state index in [-0.39, 0.29) is 18.3 Å². The quantitative estimate of drug-likeness (QED) is 0.0639. The van der Waals surface area contributed by atoms with Crippen molar-refractivity contribution >= 4 is 41.4 Å². The second-order valence-electron chi connectivity index (χ2n) is 8.77. The van der Waals surface area contributed by atoms with Gasteiger partial charge in [-0.05, 0) is 69.9 Å². The first-order valence-electron chi connectivity index (χ1n) is 12.3. The summed E-state index contributed by atoms with van der Waals surface area (Å²) >= 11 is 1.50. The number of thioether (sulfide) groups is 1. The normalized spacial score (nSPS) is 17.6. The van der Waals surface area contributed by atoms with Gasteiger partial charge in [0.1, 0.15) is 18.1 Å². The first-order chi connectivity index (χ1) is 17.1. The molecule has 4 unspecified atom stereocenters. The van der Waals surface area contributed by atoms with Crippen LogP contribution < -0.4 is 33.6 Å². The van der Waals surface area contributed by atoms with E-state index in [1.165, 1.54) is 16.7 Å². The Morgan fingerprint density at radius 2 is 1.81 bits per heavy atom. The zero-order chi connectivity index (χ0) is 27.1. The van der Waals surface area contributed by atoms with Crippen molar-refractivity contribution in [3.63, 3.8) is 0 Å². The number of hydrogen-bond donors (Lipinski definition) is 7. The number of hydrogen-bond acceptors (Lipinski definition) is 8. The van der Waals surface area contributed by atoms with E-state index >= 15 is 0 Å². The summed E-state index contributed by atoms with van der Waals surface area (Å²) in [5.41, 5.74) is 22.1. The molecule has 4 atom stereocenters. The Morgan fingerprint density at radius 3 is 2.42 bits per heavy atom. The third-order valence-corrected chi connectivity index (χ3v) is 6.57.